The molecule has 0 saturated heterocycles. The van der Waals surface area contributed by atoms with Gasteiger partial charge in [0.2, 0.25) is 0 Å². The van der Waals surface area contributed by atoms with E-state index in [9.17, 15) is 10.2 Å². The molecule has 0 saturated carbocycles. The SMILES string of the molecule is CC(C)(C)c1cc(O)c(C(C)(C)C)cc1O.Nc1ccccc1O. The van der Waals surface area contributed by atoms with Crippen molar-refractivity contribution in [1.29, 1.82) is 0 Å². The standard InChI is InChI=1S/C14H22O2.C6H7NO/c1-13(2,3)9-7-12(16)10(8-11(9)15)14(4,5)6;7-5-3-1-2-4-6(5)8/h7-8,15-16H,1-6H3;1-4,8H,7H2. The number of phenols is 3. The predicted octanol–water partition coefficient (Wildman–Crippen LogP) is 4.67. The molecule has 0 spiro atoms. The zero-order valence-corrected chi connectivity index (χ0v) is 15.4. The largest absolute Gasteiger partial charge is 0.508 e. The van der Waals surface area contributed by atoms with Gasteiger partial charge in [0.15, 0.2) is 0 Å². The lowest BCUT2D eigenvalue weighted by molar-refractivity contribution is 0.419. The lowest BCUT2D eigenvalue weighted by atomic mass is 9.81. The molecule has 0 aliphatic carbocycles. The monoisotopic (exact) mass is 331 g/mol. The van der Waals surface area contributed by atoms with Crippen LogP contribution in [0.1, 0.15) is 52.7 Å². The smallest absolute Gasteiger partial charge is 0.138 e. The average Bonchev–Trinajstić information content (AvgIpc) is 2.42. The Balaban J connectivity index is 0.000000300. The van der Waals surface area contributed by atoms with Gasteiger partial charge in [0, 0.05) is 11.1 Å². The lowest BCUT2D eigenvalue weighted by Gasteiger charge is -2.25. The first-order chi connectivity index (χ1) is 10.8. The minimum absolute atomic E-state index is 0.146. The quantitative estimate of drug-likeness (QED) is 0.321. The molecule has 4 heteroatoms. The zero-order chi connectivity index (χ0) is 18.7. The number of hydrogen-bond acceptors (Lipinski definition) is 4. The van der Waals surface area contributed by atoms with Crippen LogP contribution in [-0.4, -0.2) is 15.3 Å². The van der Waals surface area contributed by atoms with Crippen LogP contribution >= 0.6 is 0 Å². The van der Waals surface area contributed by atoms with E-state index in [0.717, 1.165) is 11.1 Å². The van der Waals surface area contributed by atoms with Crippen LogP contribution < -0.4 is 5.73 Å². The van der Waals surface area contributed by atoms with Gasteiger partial charge in [-0.15, -0.1) is 0 Å². The molecular weight excluding hydrogens is 302 g/mol. The Morgan fingerprint density at radius 1 is 0.667 bits per heavy atom. The Kier molecular flexibility index (Phi) is 5.77. The molecule has 0 bridgehead atoms. The number of nitrogens with two attached hydrogens (primary N) is 1. The number of benzene rings is 2. The maximum atomic E-state index is 10.0. The minimum Gasteiger partial charge on any atom is -0.508 e. The minimum atomic E-state index is -0.169. The number of anilines is 1. The van der Waals surface area contributed by atoms with Crippen molar-refractivity contribution in [3.63, 3.8) is 0 Å². The molecule has 5 N–H and O–H groups in total. The van der Waals surface area contributed by atoms with E-state index in [1.165, 1.54) is 0 Å². The molecule has 0 aromatic heterocycles. The van der Waals surface area contributed by atoms with Crippen LogP contribution in [0.2, 0.25) is 0 Å². The van der Waals surface area contributed by atoms with Crippen molar-refractivity contribution in [2.45, 2.75) is 52.4 Å². The fourth-order valence-electron chi connectivity index (χ4n) is 2.27. The van der Waals surface area contributed by atoms with Crippen molar-refractivity contribution >= 4 is 5.69 Å². The highest BCUT2D eigenvalue weighted by Gasteiger charge is 2.24. The van der Waals surface area contributed by atoms with Gasteiger partial charge in [0.25, 0.3) is 0 Å². The molecule has 2 aromatic rings. The van der Waals surface area contributed by atoms with Crippen LogP contribution in [-0.2, 0) is 10.8 Å². The first-order valence-corrected chi connectivity index (χ1v) is 7.94. The normalized spacial score (nSPS) is 11.6. The molecule has 0 atom stereocenters. The van der Waals surface area contributed by atoms with E-state index in [2.05, 4.69) is 0 Å². The molecule has 0 radical (unpaired) electrons. The van der Waals surface area contributed by atoms with Crippen molar-refractivity contribution in [2.75, 3.05) is 5.73 Å². The van der Waals surface area contributed by atoms with Gasteiger partial charge < -0.3 is 21.1 Å². The lowest BCUT2D eigenvalue weighted by Crippen LogP contribution is -2.15. The molecule has 132 valence electrons. The number of phenolic OH excluding ortho intramolecular Hbond substituents is 3. The summed E-state index contributed by atoms with van der Waals surface area (Å²) in [5.41, 5.74) is 6.91. The summed E-state index contributed by atoms with van der Waals surface area (Å²) in [6, 6.07) is 10.1. The van der Waals surface area contributed by atoms with E-state index in [1.807, 2.05) is 41.5 Å². The van der Waals surface area contributed by atoms with Gasteiger partial charge >= 0.3 is 0 Å². The highest BCUT2D eigenvalue weighted by Crippen LogP contribution is 2.39. The second-order valence-electron chi connectivity index (χ2n) is 7.95. The molecule has 0 amide bonds. The van der Waals surface area contributed by atoms with Crippen molar-refractivity contribution < 1.29 is 15.3 Å². The average molecular weight is 331 g/mol. The Morgan fingerprint density at radius 3 is 1.29 bits per heavy atom. The summed E-state index contributed by atoms with van der Waals surface area (Å²) in [5.74, 6) is 0.665. The molecule has 0 unspecified atom stereocenters. The third kappa shape index (κ3) is 5.08. The van der Waals surface area contributed by atoms with Crippen molar-refractivity contribution in [3.05, 3.63) is 47.5 Å². The summed E-state index contributed by atoms with van der Waals surface area (Å²) in [5, 5.41) is 28.8. The van der Waals surface area contributed by atoms with Gasteiger partial charge in [0.05, 0.1) is 5.69 Å². The molecule has 0 aliphatic heterocycles. The molecule has 2 rings (SSSR count). The molecule has 4 nitrogen and oxygen atoms in total. The first kappa shape index (κ1) is 19.7. The third-order valence-electron chi connectivity index (χ3n) is 3.67. The summed E-state index contributed by atoms with van der Waals surface area (Å²) >= 11 is 0. The Labute approximate surface area is 144 Å². The molecule has 0 fully saturated rings. The molecular formula is C20H29NO3. The van der Waals surface area contributed by atoms with Gasteiger partial charge in [-0.2, -0.15) is 0 Å². The second-order valence-corrected chi connectivity index (χ2v) is 7.95. The van der Waals surface area contributed by atoms with Crippen LogP contribution in [0.25, 0.3) is 0 Å². The Hall–Kier alpha value is -2.36. The highest BCUT2D eigenvalue weighted by atomic mass is 16.3. The summed E-state index contributed by atoms with van der Waals surface area (Å²) in [6.07, 6.45) is 0. The van der Waals surface area contributed by atoms with E-state index in [-0.39, 0.29) is 28.1 Å². The number of rotatable bonds is 0. The van der Waals surface area contributed by atoms with Gasteiger partial charge in [-0.05, 0) is 35.1 Å². The zero-order valence-electron chi connectivity index (χ0n) is 15.4. The second kappa shape index (κ2) is 7.04. The topological polar surface area (TPSA) is 86.7 Å². The van der Waals surface area contributed by atoms with Crippen molar-refractivity contribution in [1.82, 2.24) is 0 Å². The number of aromatic hydroxyl groups is 3. The molecule has 0 heterocycles. The highest BCUT2D eigenvalue weighted by molar-refractivity contribution is 5.51. The van der Waals surface area contributed by atoms with Crippen LogP contribution in [0.15, 0.2) is 36.4 Å². The van der Waals surface area contributed by atoms with E-state index in [1.54, 1.807) is 36.4 Å². The number of nitrogen functional groups attached to an aromatic ring is 1. The van der Waals surface area contributed by atoms with Crippen LogP contribution in [0.4, 0.5) is 5.69 Å². The first-order valence-electron chi connectivity index (χ1n) is 7.94. The van der Waals surface area contributed by atoms with E-state index in [0.29, 0.717) is 5.69 Å². The maximum Gasteiger partial charge on any atom is 0.138 e. The number of para-hydroxylation sites is 2. The third-order valence-corrected chi connectivity index (χ3v) is 3.67. The van der Waals surface area contributed by atoms with E-state index in [4.69, 9.17) is 10.8 Å². The fourth-order valence-corrected chi connectivity index (χ4v) is 2.27. The van der Waals surface area contributed by atoms with Gasteiger partial charge in [-0.3, -0.25) is 0 Å². The summed E-state index contributed by atoms with van der Waals surface area (Å²) in [4.78, 5) is 0. The van der Waals surface area contributed by atoms with E-state index >= 15 is 0 Å². The van der Waals surface area contributed by atoms with Crippen LogP contribution in [0, 0.1) is 0 Å². The maximum absolute atomic E-state index is 10.0. The Morgan fingerprint density at radius 2 is 1.04 bits per heavy atom. The Bertz CT molecular complexity index is 634. The molecule has 2 aromatic carbocycles. The summed E-state index contributed by atoms with van der Waals surface area (Å²) in [6.45, 7) is 12.1. The van der Waals surface area contributed by atoms with Gasteiger partial charge in [0.1, 0.15) is 17.2 Å². The summed E-state index contributed by atoms with van der Waals surface area (Å²) in [7, 11) is 0. The summed E-state index contributed by atoms with van der Waals surface area (Å²) < 4.78 is 0. The fraction of sp³-hybridized carbons (Fsp3) is 0.400. The van der Waals surface area contributed by atoms with Crippen molar-refractivity contribution in [2.24, 2.45) is 0 Å². The van der Waals surface area contributed by atoms with Crippen molar-refractivity contribution in [3.8, 4) is 17.2 Å². The number of hydrogen-bond donors (Lipinski definition) is 4. The molecule has 0 aliphatic rings. The molecule has 24 heavy (non-hydrogen) atoms. The van der Waals surface area contributed by atoms with E-state index < -0.39 is 0 Å². The predicted molar refractivity (Wildman–Crippen MR) is 99.7 cm³/mol. The van der Waals surface area contributed by atoms with Gasteiger partial charge in [-0.1, -0.05) is 53.7 Å². The van der Waals surface area contributed by atoms with Crippen LogP contribution in [0.5, 0.6) is 17.2 Å². The van der Waals surface area contributed by atoms with Gasteiger partial charge in [-0.25, -0.2) is 0 Å². The van der Waals surface area contributed by atoms with Crippen LogP contribution in [0.3, 0.4) is 0 Å².